The van der Waals surface area contributed by atoms with E-state index in [4.69, 9.17) is 27.9 Å². The van der Waals surface area contributed by atoms with Gasteiger partial charge < -0.3 is 15.4 Å². The number of carbonyl (C=O) groups excluding carboxylic acids is 1. The number of rotatable bonds is 5. The van der Waals surface area contributed by atoms with Crippen LogP contribution in [0.4, 0.5) is 10.1 Å². The molecule has 1 aliphatic rings. The van der Waals surface area contributed by atoms with Crippen molar-refractivity contribution in [2.75, 3.05) is 18.5 Å². The maximum Gasteiger partial charge on any atom is 0.227 e. The van der Waals surface area contributed by atoms with Gasteiger partial charge in [0.2, 0.25) is 5.91 Å². The molecule has 0 atom stereocenters. The van der Waals surface area contributed by atoms with Crippen LogP contribution in [-0.4, -0.2) is 19.1 Å². The molecule has 1 amide bonds. The molecule has 8 heteroatoms. The minimum absolute atomic E-state index is 0. The predicted molar refractivity (Wildman–Crippen MR) is 104 cm³/mol. The number of ether oxygens (including phenoxy) is 1. The second-order valence-electron chi connectivity index (χ2n) is 5.69. The van der Waals surface area contributed by atoms with E-state index in [9.17, 15) is 9.18 Å². The largest absolute Gasteiger partial charge is 0.491 e. The number of halogens is 4. The SMILES string of the molecule is Cl.O=C(CCOc1cccc(Cl)c1Cl)Nc1ccc2c(c1F)CCNC2. The van der Waals surface area contributed by atoms with E-state index in [0.717, 1.165) is 12.1 Å². The van der Waals surface area contributed by atoms with Crippen molar-refractivity contribution in [3.63, 3.8) is 0 Å². The molecule has 1 heterocycles. The third-order valence-electron chi connectivity index (χ3n) is 3.98. The van der Waals surface area contributed by atoms with E-state index >= 15 is 0 Å². The van der Waals surface area contributed by atoms with E-state index in [0.29, 0.717) is 34.3 Å². The average molecular weight is 420 g/mol. The molecule has 140 valence electrons. The number of nitrogens with one attached hydrogen (secondary N) is 2. The van der Waals surface area contributed by atoms with Gasteiger partial charge in [-0.3, -0.25) is 4.79 Å². The van der Waals surface area contributed by atoms with Crippen molar-refractivity contribution in [1.29, 1.82) is 0 Å². The Hall–Kier alpha value is -1.53. The lowest BCUT2D eigenvalue weighted by molar-refractivity contribution is -0.116. The second kappa shape index (κ2) is 9.42. The van der Waals surface area contributed by atoms with E-state index in [1.165, 1.54) is 0 Å². The summed E-state index contributed by atoms with van der Waals surface area (Å²) >= 11 is 11.9. The van der Waals surface area contributed by atoms with Crippen LogP contribution >= 0.6 is 35.6 Å². The van der Waals surface area contributed by atoms with Crippen LogP contribution in [0.1, 0.15) is 17.5 Å². The minimum Gasteiger partial charge on any atom is -0.491 e. The van der Waals surface area contributed by atoms with E-state index in [2.05, 4.69) is 10.6 Å². The summed E-state index contributed by atoms with van der Waals surface area (Å²) in [6.45, 7) is 1.49. The Morgan fingerprint density at radius 3 is 2.88 bits per heavy atom. The summed E-state index contributed by atoms with van der Waals surface area (Å²) in [6, 6.07) is 8.46. The van der Waals surface area contributed by atoms with Gasteiger partial charge in [-0.1, -0.05) is 35.3 Å². The number of benzene rings is 2. The standard InChI is InChI=1S/C18H17Cl2FN2O2.ClH/c19-13-2-1-3-15(17(13)20)25-9-7-16(24)23-14-5-4-11-10-22-8-6-12(11)18(14)21;/h1-5,22H,6-10H2,(H,23,24);1H. The number of amides is 1. The first-order valence-corrected chi connectivity index (χ1v) is 8.69. The highest BCUT2D eigenvalue weighted by Gasteiger charge is 2.17. The second-order valence-corrected chi connectivity index (χ2v) is 6.48. The highest BCUT2D eigenvalue weighted by atomic mass is 35.5. The predicted octanol–water partition coefficient (Wildman–Crippen LogP) is 4.61. The van der Waals surface area contributed by atoms with Gasteiger partial charge in [-0.05, 0) is 42.3 Å². The van der Waals surface area contributed by atoms with Crippen LogP contribution in [0.15, 0.2) is 30.3 Å². The van der Waals surface area contributed by atoms with Gasteiger partial charge in [0.05, 0.1) is 23.7 Å². The Morgan fingerprint density at radius 1 is 1.27 bits per heavy atom. The zero-order valence-corrected chi connectivity index (χ0v) is 16.1. The zero-order valence-electron chi connectivity index (χ0n) is 13.8. The van der Waals surface area contributed by atoms with Gasteiger partial charge in [-0.2, -0.15) is 0 Å². The van der Waals surface area contributed by atoms with E-state index in [-0.39, 0.29) is 42.8 Å². The molecule has 2 N–H and O–H groups in total. The van der Waals surface area contributed by atoms with E-state index in [1.807, 2.05) is 6.07 Å². The van der Waals surface area contributed by atoms with Crippen molar-refractivity contribution in [3.05, 3.63) is 57.3 Å². The fraction of sp³-hybridized carbons (Fsp3) is 0.278. The van der Waals surface area contributed by atoms with Gasteiger partial charge in [-0.15, -0.1) is 12.4 Å². The first-order chi connectivity index (χ1) is 12.1. The molecule has 0 fully saturated rings. The first-order valence-electron chi connectivity index (χ1n) is 7.94. The van der Waals surface area contributed by atoms with E-state index < -0.39 is 0 Å². The highest BCUT2D eigenvalue weighted by Crippen LogP contribution is 2.31. The lowest BCUT2D eigenvalue weighted by Gasteiger charge is -2.19. The molecule has 0 saturated carbocycles. The van der Waals surface area contributed by atoms with E-state index in [1.54, 1.807) is 24.3 Å². The molecule has 0 aliphatic carbocycles. The van der Waals surface area contributed by atoms with Crippen molar-refractivity contribution in [2.24, 2.45) is 0 Å². The lowest BCUT2D eigenvalue weighted by Crippen LogP contribution is -2.25. The molecule has 0 aromatic heterocycles. The van der Waals surface area contributed by atoms with Crippen molar-refractivity contribution in [1.82, 2.24) is 5.32 Å². The van der Waals surface area contributed by atoms with Crippen LogP contribution in [0.3, 0.4) is 0 Å². The maximum atomic E-state index is 14.5. The number of carbonyl (C=O) groups is 1. The molecule has 4 nitrogen and oxygen atoms in total. The summed E-state index contributed by atoms with van der Waals surface area (Å²) in [7, 11) is 0. The first kappa shape index (κ1) is 20.8. The van der Waals surface area contributed by atoms with Crippen LogP contribution in [0, 0.1) is 5.82 Å². The Morgan fingerprint density at radius 2 is 2.08 bits per heavy atom. The molecular formula is C18H18Cl3FN2O2. The molecule has 0 unspecified atom stereocenters. The van der Waals surface area contributed by atoms with Gasteiger partial charge in [0.1, 0.15) is 16.6 Å². The van der Waals surface area contributed by atoms with Gasteiger partial charge >= 0.3 is 0 Å². The van der Waals surface area contributed by atoms with Gasteiger partial charge in [0, 0.05) is 6.54 Å². The van der Waals surface area contributed by atoms with Crippen LogP contribution in [-0.2, 0) is 17.8 Å². The molecule has 1 aliphatic heterocycles. The van der Waals surface area contributed by atoms with Crippen molar-refractivity contribution >= 4 is 47.2 Å². The smallest absolute Gasteiger partial charge is 0.227 e. The molecule has 2 aromatic carbocycles. The minimum atomic E-state index is -0.355. The van der Waals surface area contributed by atoms with Crippen LogP contribution in [0.25, 0.3) is 0 Å². The molecule has 0 radical (unpaired) electrons. The fourth-order valence-electron chi connectivity index (χ4n) is 2.69. The maximum absolute atomic E-state index is 14.5. The topological polar surface area (TPSA) is 50.4 Å². The summed E-state index contributed by atoms with van der Waals surface area (Å²) < 4.78 is 20.0. The third kappa shape index (κ3) is 4.80. The fourth-order valence-corrected chi connectivity index (χ4v) is 3.04. The van der Waals surface area contributed by atoms with Crippen LogP contribution in [0.5, 0.6) is 5.75 Å². The summed E-state index contributed by atoms with van der Waals surface area (Å²) in [5.74, 6) is -0.272. The van der Waals surface area contributed by atoms with Crippen molar-refractivity contribution < 1.29 is 13.9 Å². The quantitative estimate of drug-likeness (QED) is 0.744. The zero-order chi connectivity index (χ0) is 17.8. The third-order valence-corrected chi connectivity index (χ3v) is 4.79. The monoisotopic (exact) mass is 418 g/mol. The molecule has 0 bridgehead atoms. The van der Waals surface area contributed by atoms with Gasteiger partial charge in [0.25, 0.3) is 0 Å². The molecule has 3 rings (SSSR count). The van der Waals surface area contributed by atoms with Crippen LogP contribution < -0.4 is 15.4 Å². The molecule has 0 saturated heterocycles. The Labute approximate surface area is 167 Å². The Bertz CT molecular complexity index is 802. The Balaban J connectivity index is 0.00000243. The molecule has 2 aromatic rings. The molecular weight excluding hydrogens is 402 g/mol. The molecule has 0 spiro atoms. The normalized spacial score (nSPS) is 12.7. The summed E-state index contributed by atoms with van der Waals surface area (Å²) in [5.41, 5.74) is 1.80. The average Bonchev–Trinajstić information content (AvgIpc) is 2.61. The van der Waals surface area contributed by atoms with Crippen molar-refractivity contribution in [2.45, 2.75) is 19.4 Å². The van der Waals surface area contributed by atoms with Crippen LogP contribution in [0.2, 0.25) is 10.0 Å². The summed E-state index contributed by atoms with van der Waals surface area (Å²) in [6.07, 6.45) is 0.683. The number of hydrogen-bond donors (Lipinski definition) is 2. The highest BCUT2D eigenvalue weighted by molar-refractivity contribution is 6.42. The number of hydrogen-bond acceptors (Lipinski definition) is 3. The number of anilines is 1. The molecule has 26 heavy (non-hydrogen) atoms. The van der Waals surface area contributed by atoms with Gasteiger partial charge in [0.15, 0.2) is 0 Å². The van der Waals surface area contributed by atoms with Crippen molar-refractivity contribution in [3.8, 4) is 5.75 Å². The summed E-state index contributed by atoms with van der Waals surface area (Å²) in [5, 5.41) is 6.48. The Kier molecular flexibility index (Phi) is 7.53. The lowest BCUT2D eigenvalue weighted by atomic mass is 9.99. The summed E-state index contributed by atoms with van der Waals surface area (Å²) in [4.78, 5) is 12.0. The van der Waals surface area contributed by atoms with Gasteiger partial charge in [-0.25, -0.2) is 4.39 Å². The number of fused-ring (bicyclic) bond motifs is 1.